The van der Waals surface area contributed by atoms with Gasteiger partial charge in [-0.2, -0.15) is 0 Å². The Bertz CT molecular complexity index is 538. The van der Waals surface area contributed by atoms with Crippen molar-refractivity contribution in [2.75, 3.05) is 0 Å². The summed E-state index contributed by atoms with van der Waals surface area (Å²) in [4.78, 5) is 12.2. The number of Topliss-reactive ketones (excluding diaryl/α,β-unsaturated/α-hetero) is 1. The predicted octanol–water partition coefficient (Wildman–Crippen LogP) is 5.23. The number of fused-ring (bicyclic) bond motifs is 5. The molecule has 8 atom stereocenters. The van der Waals surface area contributed by atoms with E-state index in [9.17, 15) is 4.79 Å². The normalized spacial score (nSPS) is 61.9. The Hall–Kier alpha value is -0.330. The molecule has 5 saturated carbocycles. The van der Waals surface area contributed by atoms with E-state index >= 15 is 0 Å². The SMILES string of the molecule is CC(=O)C1CCC2C3C4C[C@]45CCCC[C@]5(C)C3CC[C@]12C. The van der Waals surface area contributed by atoms with Crippen LogP contribution in [-0.2, 0) is 4.79 Å². The van der Waals surface area contributed by atoms with Crippen LogP contribution in [0.15, 0.2) is 0 Å². The Balaban J connectivity index is 1.54. The molecular weight excluding hydrogens is 268 g/mol. The summed E-state index contributed by atoms with van der Waals surface area (Å²) in [5.74, 6) is 4.74. The lowest BCUT2D eigenvalue weighted by Gasteiger charge is -2.52. The van der Waals surface area contributed by atoms with E-state index in [0.29, 0.717) is 22.5 Å². The van der Waals surface area contributed by atoms with Crippen LogP contribution >= 0.6 is 0 Å². The minimum absolute atomic E-state index is 0.348. The lowest BCUT2D eigenvalue weighted by molar-refractivity contribution is -0.127. The summed E-state index contributed by atoms with van der Waals surface area (Å²) >= 11 is 0. The molecule has 5 unspecified atom stereocenters. The van der Waals surface area contributed by atoms with E-state index in [0.717, 1.165) is 29.1 Å². The highest BCUT2D eigenvalue weighted by molar-refractivity contribution is 5.79. The molecule has 1 spiro atoms. The molecule has 0 aromatic heterocycles. The van der Waals surface area contributed by atoms with Gasteiger partial charge in [0.1, 0.15) is 5.78 Å². The second-order valence-corrected chi connectivity index (χ2v) is 10.2. The number of carbonyl (C=O) groups excluding carboxylic acids is 1. The first kappa shape index (κ1) is 14.1. The highest BCUT2D eigenvalue weighted by atomic mass is 16.1. The molecule has 0 heterocycles. The van der Waals surface area contributed by atoms with Gasteiger partial charge in [-0.15, -0.1) is 0 Å². The van der Waals surface area contributed by atoms with Gasteiger partial charge >= 0.3 is 0 Å². The van der Waals surface area contributed by atoms with Crippen molar-refractivity contribution < 1.29 is 4.79 Å². The van der Waals surface area contributed by atoms with Gasteiger partial charge < -0.3 is 0 Å². The standard InChI is InChI=1S/C21H32O/c1-13(22)14-6-7-15-18-16(8-11-19(14,15)2)20(3)9-4-5-10-21(20)12-17(18)21/h14-18H,4-12H2,1-3H3/t14?,15?,16?,17?,18?,19-,20-,21-/m1/s1. The molecule has 5 fully saturated rings. The maximum Gasteiger partial charge on any atom is 0.133 e. The fraction of sp³-hybridized carbons (Fsp3) is 0.952. The summed E-state index contributed by atoms with van der Waals surface area (Å²) in [7, 11) is 0. The van der Waals surface area contributed by atoms with Gasteiger partial charge in [0.15, 0.2) is 0 Å². The molecule has 0 amide bonds. The van der Waals surface area contributed by atoms with E-state index in [2.05, 4.69) is 13.8 Å². The highest BCUT2D eigenvalue weighted by Gasteiger charge is 2.78. The van der Waals surface area contributed by atoms with E-state index in [4.69, 9.17) is 0 Å². The van der Waals surface area contributed by atoms with Gasteiger partial charge in [-0.1, -0.05) is 26.7 Å². The topological polar surface area (TPSA) is 17.1 Å². The van der Waals surface area contributed by atoms with E-state index < -0.39 is 0 Å². The minimum atomic E-state index is 0.348. The zero-order valence-electron chi connectivity index (χ0n) is 14.7. The number of carbonyl (C=O) groups is 1. The van der Waals surface area contributed by atoms with Crippen molar-refractivity contribution in [1.82, 2.24) is 0 Å². The summed E-state index contributed by atoms with van der Waals surface area (Å²) < 4.78 is 0. The van der Waals surface area contributed by atoms with Gasteiger partial charge in [-0.3, -0.25) is 4.79 Å². The van der Waals surface area contributed by atoms with Crippen molar-refractivity contribution in [1.29, 1.82) is 0 Å². The van der Waals surface area contributed by atoms with Crippen LogP contribution in [0.1, 0.15) is 78.6 Å². The molecule has 0 N–H and O–H groups in total. The first-order chi connectivity index (χ1) is 10.4. The van der Waals surface area contributed by atoms with Crippen LogP contribution in [0, 0.1) is 45.8 Å². The smallest absolute Gasteiger partial charge is 0.133 e. The van der Waals surface area contributed by atoms with Crippen molar-refractivity contribution in [3.8, 4) is 0 Å². The average Bonchev–Trinajstić information content (AvgIpc) is 2.99. The van der Waals surface area contributed by atoms with Crippen LogP contribution in [0.2, 0.25) is 0 Å². The molecule has 0 aromatic carbocycles. The summed E-state index contributed by atoms with van der Waals surface area (Å²) in [6.45, 7) is 7.03. The van der Waals surface area contributed by atoms with Crippen LogP contribution < -0.4 is 0 Å². The van der Waals surface area contributed by atoms with Gasteiger partial charge in [0, 0.05) is 5.92 Å². The Morgan fingerprint density at radius 3 is 2.45 bits per heavy atom. The average molecular weight is 300 g/mol. The third-order valence-electron chi connectivity index (χ3n) is 9.95. The summed E-state index contributed by atoms with van der Waals surface area (Å²) in [6.07, 6.45) is 12.8. The molecule has 0 radical (unpaired) electrons. The fourth-order valence-electron chi connectivity index (χ4n) is 8.97. The largest absolute Gasteiger partial charge is 0.300 e. The van der Waals surface area contributed by atoms with Gasteiger partial charge in [0.05, 0.1) is 0 Å². The maximum atomic E-state index is 12.2. The number of hydrogen-bond acceptors (Lipinski definition) is 1. The highest BCUT2D eigenvalue weighted by Crippen LogP contribution is 2.85. The van der Waals surface area contributed by atoms with Crippen LogP contribution in [0.3, 0.4) is 0 Å². The predicted molar refractivity (Wildman–Crippen MR) is 88.3 cm³/mol. The second kappa shape index (κ2) is 4.01. The number of ketones is 1. The first-order valence-corrected chi connectivity index (χ1v) is 9.94. The van der Waals surface area contributed by atoms with Gasteiger partial charge in [-0.05, 0) is 91.8 Å². The van der Waals surface area contributed by atoms with E-state index in [1.54, 1.807) is 6.42 Å². The van der Waals surface area contributed by atoms with Crippen molar-refractivity contribution in [2.45, 2.75) is 78.6 Å². The van der Waals surface area contributed by atoms with E-state index in [1.807, 2.05) is 6.92 Å². The summed E-state index contributed by atoms with van der Waals surface area (Å²) in [5.41, 5.74) is 1.76. The molecule has 1 nitrogen and oxygen atoms in total. The van der Waals surface area contributed by atoms with Gasteiger partial charge in [0.25, 0.3) is 0 Å². The van der Waals surface area contributed by atoms with Crippen LogP contribution in [0.4, 0.5) is 0 Å². The summed E-state index contributed by atoms with van der Waals surface area (Å²) in [6, 6.07) is 0. The van der Waals surface area contributed by atoms with Crippen molar-refractivity contribution in [2.24, 2.45) is 45.8 Å². The first-order valence-electron chi connectivity index (χ1n) is 9.94. The third kappa shape index (κ3) is 1.33. The van der Waals surface area contributed by atoms with Crippen LogP contribution in [-0.4, -0.2) is 5.78 Å². The molecule has 5 rings (SSSR count). The van der Waals surface area contributed by atoms with Crippen LogP contribution in [0.5, 0.6) is 0 Å². The zero-order chi connectivity index (χ0) is 15.3. The molecule has 5 aliphatic rings. The Labute approximate surface area is 135 Å². The molecule has 122 valence electrons. The molecule has 22 heavy (non-hydrogen) atoms. The maximum absolute atomic E-state index is 12.2. The molecule has 1 heteroatoms. The third-order valence-corrected chi connectivity index (χ3v) is 9.95. The number of rotatable bonds is 1. The van der Waals surface area contributed by atoms with Gasteiger partial charge in [-0.25, -0.2) is 0 Å². The molecule has 0 aliphatic heterocycles. The molecule has 5 aliphatic carbocycles. The van der Waals surface area contributed by atoms with Crippen molar-refractivity contribution in [3.63, 3.8) is 0 Å². The van der Waals surface area contributed by atoms with E-state index in [1.165, 1.54) is 51.4 Å². The Morgan fingerprint density at radius 2 is 1.68 bits per heavy atom. The quantitative estimate of drug-likeness (QED) is 0.647. The van der Waals surface area contributed by atoms with Crippen molar-refractivity contribution in [3.05, 3.63) is 0 Å². The summed E-state index contributed by atoms with van der Waals surface area (Å²) in [5, 5.41) is 0. The van der Waals surface area contributed by atoms with Crippen LogP contribution in [0.25, 0.3) is 0 Å². The molecule has 0 aromatic rings. The van der Waals surface area contributed by atoms with Crippen molar-refractivity contribution >= 4 is 5.78 Å². The second-order valence-electron chi connectivity index (χ2n) is 10.2. The fourth-order valence-corrected chi connectivity index (χ4v) is 8.97. The molecule has 0 saturated heterocycles. The van der Waals surface area contributed by atoms with E-state index in [-0.39, 0.29) is 0 Å². The molecular formula is C21H32O. The Kier molecular flexibility index (Phi) is 2.56. The molecule has 0 bridgehead atoms. The lowest BCUT2D eigenvalue weighted by atomic mass is 9.52. The minimum Gasteiger partial charge on any atom is -0.300 e. The zero-order valence-corrected chi connectivity index (χ0v) is 14.7. The lowest BCUT2D eigenvalue weighted by Crippen LogP contribution is -2.46. The monoisotopic (exact) mass is 300 g/mol. The Morgan fingerprint density at radius 1 is 0.909 bits per heavy atom. The number of hydrogen-bond donors (Lipinski definition) is 0. The van der Waals surface area contributed by atoms with Gasteiger partial charge in [0.2, 0.25) is 0 Å².